The van der Waals surface area contributed by atoms with Gasteiger partial charge in [-0.05, 0) is 32.3 Å². The van der Waals surface area contributed by atoms with Crippen molar-refractivity contribution in [1.82, 2.24) is 4.90 Å². The van der Waals surface area contributed by atoms with Gasteiger partial charge in [0.1, 0.15) is 17.1 Å². The Hall–Kier alpha value is -1.87. The Labute approximate surface area is 134 Å². The lowest BCUT2D eigenvalue weighted by atomic mass is 9.83. The van der Waals surface area contributed by atoms with Gasteiger partial charge in [0.15, 0.2) is 4.75 Å². The molecular formula is C14H20N2O6S. The number of sulfonamides is 1. The van der Waals surface area contributed by atoms with Crippen molar-refractivity contribution < 1.29 is 27.2 Å². The summed E-state index contributed by atoms with van der Waals surface area (Å²) in [5.41, 5.74) is 0.271. The van der Waals surface area contributed by atoms with E-state index in [1.54, 1.807) is 6.92 Å². The van der Waals surface area contributed by atoms with E-state index >= 15 is 0 Å². The van der Waals surface area contributed by atoms with E-state index in [-0.39, 0.29) is 24.9 Å². The van der Waals surface area contributed by atoms with Crippen LogP contribution in [0.1, 0.15) is 41.1 Å². The molecule has 0 unspecified atom stereocenters. The number of methoxy groups -OCH3 is 1. The number of aryl methyl sites for hydroxylation is 1. The molecule has 0 spiro atoms. The van der Waals surface area contributed by atoms with Crippen molar-refractivity contribution in [3.8, 4) is 0 Å². The average Bonchev–Trinajstić information content (AvgIpc) is 2.75. The quantitative estimate of drug-likeness (QED) is 0.779. The molecule has 1 amide bonds. The number of ether oxygens (including phenoxy) is 1. The van der Waals surface area contributed by atoms with Gasteiger partial charge in [-0.25, -0.2) is 18.4 Å². The third kappa shape index (κ3) is 2.98. The van der Waals surface area contributed by atoms with Crippen molar-refractivity contribution in [2.24, 2.45) is 5.14 Å². The number of hydrogen-bond donors (Lipinski definition) is 1. The summed E-state index contributed by atoms with van der Waals surface area (Å²) in [6.45, 7) is 1.64. The molecule has 2 N–H and O–H groups in total. The lowest BCUT2D eigenvalue weighted by Gasteiger charge is -2.40. The highest BCUT2D eigenvalue weighted by Crippen LogP contribution is 2.39. The Morgan fingerprint density at radius 1 is 1.43 bits per heavy atom. The van der Waals surface area contributed by atoms with E-state index in [1.165, 1.54) is 25.1 Å². The molecule has 9 heteroatoms. The highest BCUT2D eigenvalue weighted by Gasteiger charge is 2.54. The number of amides is 1. The number of esters is 1. The maximum Gasteiger partial charge on any atom is 0.341 e. The predicted octanol–water partition coefficient (Wildman–Crippen LogP) is 0.544. The monoisotopic (exact) mass is 344 g/mol. The summed E-state index contributed by atoms with van der Waals surface area (Å²) in [4.78, 5) is 25.3. The van der Waals surface area contributed by atoms with Crippen molar-refractivity contribution in [3.63, 3.8) is 0 Å². The number of rotatable bonds is 5. The number of carbonyl (C=O) groups is 2. The van der Waals surface area contributed by atoms with Crippen LogP contribution in [0, 0.1) is 6.92 Å². The van der Waals surface area contributed by atoms with E-state index in [0.29, 0.717) is 17.9 Å². The van der Waals surface area contributed by atoms with Gasteiger partial charge >= 0.3 is 5.97 Å². The van der Waals surface area contributed by atoms with Crippen LogP contribution in [0.25, 0.3) is 0 Å². The van der Waals surface area contributed by atoms with Gasteiger partial charge in [0.25, 0.3) is 0 Å². The van der Waals surface area contributed by atoms with Crippen LogP contribution in [-0.4, -0.2) is 44.1 Å². The molecule has 1 aliphatic carbocycles. The molecule has 23 heavy (non-hydrogen) atoms. The van der Waals surface area contributed by atoms with Gasteiger partial charge in [-0.2, -0.15) is 0 Å². The highest BCUT2D eigenvalue weighted by molar-refractivity contribution is 7.91. The number of primary sulfonamides is 1. The normalized spacial score (nSPS) is 16.5. The van der Waals surface area contributed by atoms with Crippen LogP contribution >= 0.6 is 0 Å². The molecule has 0 aromatic carbocycles. The van der Waals surface area contributed by atoms with Crippen LogP contribution in [0.3, 0.4) is 0 Å². The minimum Gasteiger partial charge on any atom is -0.465 e. The molecule has 2 rings (SSSR count). The summed E-state index contributed by atoms with van der Waals surface area (Å²) in [5, 5.41) is 5.23. The van der Waals surface area contributed by atoms with Crippen LogP contribution in [0.4, 0.5) is 0 Å². The third-order valence-corrected chi connectivity index (χ3v) is 5.88. The average molecular weight is 344 g/mol. The number of nitrogens with zero attached hydrogens (tertiary/aromatic N) is 1. The van der Waals surface area contributed by atoms with E-state index in [0.717, 1.165) is 0 Å². The van der Waals surface area contributed by atoms with Crippen LogP contribution in [0.2, 0.25) is 0 Å². The zero-order valence-corrected chi connectivity index (χ0v) is 14.1. The summed E-state index contributed by atoms with van der Waals surface area (Å²) in [6.07, 6.45) is 1.08. The lowest BCUT2D eigenvalue weighted by molar-refractivity contribution is -0.135. The Morgan fingerprint density at radius 3 is 2.48 bits per heavy atom. The number of hydrogen-bond acceptors (Lipinski definition) is 6. The first-order valence-corrected chi connectivity index (χ1v) is 8.62. The molecule has 1 aromatic heterocycles. The first-order chi connectivity index (χ1) is 10.6. The second-order valence-corrected chi connectivity index (χ2v) is 7.60. The first kappa shape index (κ1) is 17.5. The fourth-order valence-electron chi connectivity index (χ4n) is 2.71. The molecule has 1 aliphatic rings. The predicted molar refractivity (Wildman–Crippen MR) is 80.9 cm³/mol. The summed E-state index contributed by atoms with van der Waals surface area (Å²) in [7, 11) is -1.24. The van der Waals surface area contributed by atoms with Gasteiger partial charge in [-0.15, -0.1) is 0 Å². The number of furan rings is 1. The topological polar surface area (TPSA) is 120 Å². The molecule has 128 valence electrons. The first-order valence-electron chi connectivity index (χ1n) is 7.08. The molecule has 1 aromatic rings. The van der Waals surface area contributed by atoms with Crippen LogP contribution < -0.4 is 5.14 Å². The smallest absolute Gasteiger partial charge is 0.341 e. The molecular weight excluding hydrogens is 324 g/mol. The van der Waals surface area contributed by atoms with Gasteiger partial charge in [0.05, 0.1) is 13.7 Å². The largest absolute Gasteiger partial charge is 0.465 e. The molecule has 0 atom stereocenters. The Morgan fingerprint density at radius 2 is 2.04 bits per heavy atom. The molecule has 8 nitrogen and oxygen atoms in total. The van der Waals surface area contributed by atoms with E-state index in [4.69, 9.17) is 9.56 Å². The van der Waals surface area contributed by atoms with Gasteiger partial charge < -0.3 is 14.1 Å². The maximum atomic E-state index is 12.5. The van der Waals surface area contributed by atoms with E-state index < -0.39 is 26.6 Å². The maximum absolute atomic E-state index is 12.5. The van der Waals surface area contributed by atoms with Gasteiger partial charge in [0, 0.05) is 7.05 Å². The van der Waals surface area contributed by atoms with E-state index in [2.05, 4.69) is 4.74 Å². The Kier molecular flexibility index (Phi) is 4.54. The summed E-state index contributed by atoms with van der Waals surface area (Å²) in [6, 6.07) is 1.48. The standard InChI is InChI=1S/C14H20N2O6S/c1-9-11(12(17)21-3)7-10(22-9)8-16(2)13(18)14(5-4-6-14)23(15,19)20/h7H,4-6,8H2,1-3H3,(H2,15,19,20). The van der Waals surface area contributed by atoms with Gasteiger partial charge in [0.2, 0.25) is 15.9 Å². The molecule has 0 aliphatic heterocycles. The minimum absolute atomic E-state index is 0.0357. The van der Waals surface area contributed by atoms with Gasteiger partial charge in [-0.1, -0.05) is 0 Å². The van der Waals surface area contributed by atoms with Crippen molar-refractivity contribution in [3.05, 3.63) is 23.2 Å². The zero-order valence-electron chi connectivity index (χ0n) is 13.3. The fourth-order valence-corrected chi connectivity index (χ4v) is 3.96. The molecule has 1 saturated carbocycles. The molecule has 1 fully saturated rings. The van der Waals surface area contributed by atoms with Crippen molar-refractivity contribution in [2.75, 3.05) is 14.2 Å². The number of nitrogens with two attached hydrogens (primary N) is 1. The SMILES string of the molecule is COC(=O)c1cc(CN(C)C(=O)C2(S(N)(=O)=O)CCC2)oc1C. The molecule has 0 saturated heterocycles. The van der Waals surface area contributed by atoms with E-state index in [9.17, 15) is 18.0 Å². The van der Waals surface area contributed by atoms with Crippen molar-refractivity contribution in [2.45, 2.75) is 37.5 Å². The van der Waals surface area contributed by atoms with Crippen molar-refractivity contribution in [1.29, 1.82) is 0 Å². The fraction of sp³-hybridized carbons (Fsp3) is 0.571. The summed E-state index contributed by atoms with van der Waals surface area (Å²) < 4.78 is 32.1. The lowest BCUT2D eigenvalue weighted by Crippen LogP contribution is -2.59. The molecule has 1 heterocycles. The summed E-state index contributed by atoms with van der Waals surface area (Å²) in [5.74, 6) is -0.355. The Bertz CT molecular complexity index is 732. The van der Waals surface area contributed by atoms with Crippen LogP contribution in [0.5, 0.6) is 0 Å². The van der Waals surface area contributed by atoms with Crippen LogP contribution in [0.15, 0.2) is 10.5 Å². The Balaban J connectivity index is 2.18. The third-order valence-electron chi connectivity index (χ3n) is 4.21. The number of carbonyl (C=O) groups excluding carboxylic acids is 2. The van der Waals surface area contributed by atoms with Crippen molar-refractivity contribution >= 4 is 21.9 Å². The molecule has 0 bridgehead atoms. The molecule has 0 radical (unpaired) electrons. The zero-order chi connectivity index (χ0) is 17.4. The minimum atomic E-state index is -3.98. The highest BCUT2D eigenvalue weighted by atomic mass is 32.2. The second kappa shape index (κ2) is 5.97. The van der Waals surface area contributed by atoms with Crippen LogP contribution in [-0.2, 0) is 26.1 Å². The second-order valence-electron chi connectivity index (χ2n) is 5.73. The van der Waals surface area contributed by atoms with Gasteiger partial charge in [-0.3, -0.25) is 4.79 Å². The summed E-state index contributed by atoms with van der Waals surface area (Å²) >= 11 is 0. The van der Waals surface area contributed by atoms with E-state index in [1.807, 2.05) is 0 Å².